The number of non-ortho nitro benzene ring substituents is 1. The van der Waals surface area contributed by atoms with Gasteiger partial charge in [0.15, 0.2) is 0 Å². The van der Waals surface area contributed by atoms with E-state index in [2.05, 4.69) is 0 Å². The molecule has 0 aliphatic rings. The SMILES string of the molecule is Cc1ccc(Oc2ccc([N+](=O)[O-])cc2)cc1S(=O)(=O)Cl. The lowest BCUT2D eigenvalue weighted by atomic mass is 10.2. The second-order valence-electron chi connectivity index (χ2n) is 4.22. The molecule has 0 bridgehead atoms. The van der Waals surface area contributed by atoms with Gasteiger partial charge in [-0.1, -0.05) is 6.07 Å². The van der Waals surface area contributed by atoms with Crippen molar-refractivity contribution in [3.63, 3.8) is 0 Å². The number of rotatable bonds is 4. The van der Waals surface area contributed by atoms with Crippen LogP contribution in [0.4, 0.5) is 5.69 Å². The van der Waals surface area contributed by atoms with E-state index in [4.69, 9.17) is 15.4 Å². The monoisotopic (exact) mass is 327 g/mol. The summed E-state index contributed by atoms with van der Waals surface area (Å²) in [5.74, 6) is 0.621. The maximum absolute atomic E-state index is 11.4. The molecule has 0 fully saturated rings. The fourth-order valence-electron chi connectivity index (χ4n) is 1.68. The number of hydrogen-bond acceptors (Lipinski definition) is 5. The quantitative estimate of drug-likeness (QED) is 0.486. The number of nitro groups is 1. The van der Waals surface area contributed by atoms with Crippen molar-refractivity contribution in [1.82, 2.24) is 0 Å². The van der Waals surface area contributed by atoms with Gasteiger partial charge in [-0.15, -0.1) is 0 Å². The molecule has 0 radical (unpaired) electrons. The Bertz CT molecular complexity index is 787. The van der Waals surface area contributed by atoms with Crippen LogP contribution in [0.3, 0.4) is 0 Å². The average molecular weight is 328 g/mol. The molecule has 2 aromatic rings. The Morgan fingerprint density at radius 3 is 2.19 bits per heavy atom. The lowest BCUT2D eigenvalue weighted by Crippen LogP contribution is -1.95. The van der Waals surface area contributed by atoms with Crippen LogP contribution < -0.4 is 4.74 Å². The molecule has 0 saturated carbocycles. The second kappa shape index (κ2) is 5.71. The minimum atomic E-state index is -3.86. The normalized spacial score (nSPS) is 11.1. The Labute approximate surface area is 125 Å². The van der Waals surface area contributed by atoms with Gasteiger partial charge in [0, 0.05) is 28.9 Å². The Morgan fingerprint density at radius 2 is 1.67 bits per heavy atom. The number of ether oxygens (including phenoxy) is 1. The van der Waals surface area contributed by atoms with Crippen LogP contribution in [0.15, 0.2) is 47.4 Å². The first kappa shape index (κ1) is 15.3. The number of benzene rings is 2. The lowest BCUT2D eigenvalue weighted by Gasteiger charge is -2.08. The molecule has 0 aromatic heterocycles. The summed E-state index contributed by atoms with van der Waals surface area (Å²) in [5.41, 5.74) is 0.441. The Kier molecular flexibility index (Phi) is 4.15. The standard InChI is InChI=1S/C13H10ClNO5S/c1-9-2-5-12(8-13(9)21(14,18)19)20-11-6-3-10(4-7-11)15(16)17/h2-8H,1H3. The summed E-state index contributed by atoms with van der Waals surface area (Å²) in [7, 11) is 1.47. The van der Waals surface area contributed by atoms with Gasteiger partial charge in [-0.2, -0.15) is 0 Å². The molecule has 0 spiro atoms. The van der Waals surface area contributed by atoms with Crippen LogP contribution in [0, 0.1) is 17.0 Å². The van der Waals surface area contributed by atoms with E-state index < -0.39 is 14.0 Å². The molecular weight excluding hydrogens is 318 g/mol. The first-order valence-electron chi connectivity index (χ1n) is 5.75. The van der Waals surface area contributed by atoms with Crippen molar-refractivity contribution < 1.29 is 18.1 Å². The maximum Gasteiger partial charge on any atom is 0.269 e. The molecular formula is C13H10ClNO5S. The minimum Gasteiger partial charge on any atom is -0.457 e. The van der Waals surface area contributed by atoms with Crippen LogP contribution >= 0.6 is 10.7 Å². The zero-order chi connectivity index (χ0) is 15.6. The fraction of sp³-hybridized carbons (Fsp3) is 0.0769. The van der Waals surface area contributed by atoms with Crippen LogP contribution in [-0.4, -0.2) is 13.3 Å². The van der Waals surface area contributed by atoms with Gasteiger partial charge in [-0.25, -0.2) is 8.42 Å². The molecule has 110 valence electrons. The predicted molar refractivity (Wildman–Crippen MR) is 77.4 cm³/mol. The van der Waals surface area contributed by atoms with Gasteiger partial charge in [0.25, 0.3) is 14.7 Å². The molecule has 2 rings (SSSR count). The third-order valence-electron chi connectivity index (χ3n) is 2.71. The molecule has 0 saturated heterocycles. The highest BCUT2D eigenvalue weighted by Crippen LogP contribution is 2.28. The topological polar surface area (TPSA) is 86.5 Å². The fourth-order valence-corrected chi connectivity index (χ4v) is 2.89. The third-order valence-corrected chi connectivity index (χ3v) is 4.17. The summed E-state index contributed by atoms with van der Waals surface area (Å²) in [4.78, 5) is 9.99. The largest absolute Gasteiger partial charge is 0.457 e. The van der Waals surface area contributed by atoms with Crippen molar-refractivity contribution in [3.05, 3.63) is 58.1 Å². The minimum absolute atomic E-state index is 0.0384. The van der Waals surface area contributed by atoms with E-state index >= 15 is 0 Å². The van der Waals surface area contributed by atoms with E-state index in [1.54, 1.807) is 19.1 Å². The summed E-state index contributed by atoms with van der Waals surface area (Å²) < 4.78 is 28.3. The maximum atomic E-state index is 11.4. The molecule has 8 heteroatoms. The van der Waals surface area contributed by atoms with E-state index in [1.165, 1.54) is 30.3 Å². The van der Waals surface area contributed by atoms with Crippen molar-refractivity contribution in [2.45, 2.75) is 11.8 Å². The van der Waals surface area contributed by atoms with E-state index in [9.17, 15) is 18.5 Å². The molecule has 0 amide bonds. The Hall–Kier alpha value is -2.12. The van der Waals surface area contributed by atoms with Gasteiger partial charge in [-0.05, 0) is 30.7 Å². The number of halogens is 1. The van der Waals surface area contributed by atoms with Crippen molar-refractivity contribution in [1.29, 1.82) is 0 Å². The molecule has 0 atom stereocenters. The molecule has 0 N–H and O–H groups in total. The second-order valence-corrected chi connectivity index (χ2v) is 6.75. The van der Waals surface area contributed by atoms with Gasteiger partial charge in [0.2, 0.25) is 0 Å². The molecule has 2 aromatic carbocycles. The predicted octanol–water partition coefficient (Wildman–Crippen LogP) is 3.62. The van der Waals surface area contributed by atoms with E-state index in [0.29, 0.717) is 11.3 Å². The van der Waals surface area contributed by atoms with Crippen LogP contribution in [0.1, 0.15) is 5.56 Å². The van der Waals surface area contributed by atoms with E-state index in [-0.39, 0.29) is 16.3 Å². The summed E-state index contributed by atoms with van der Waals surface area (Å²) >= 11 is 0. The number of hydrogen-bond donors (Lipinski definition) is 0. The lowest BCUT2D eigenvalue weighted by molar-refractivity contribution is -0.384. The number of nitrogens with zero attached hydrogens (tertiary/aromatic N) is 1. The van der Waals surface area contributed by atoms with Crippen LogP contribution in [-0.2, 0) is 9.05 Å². The smallest absolute Gasteiger partial charge is 0.269 e. The Balaban J connectivity index is 2.30. The molecule has 0 aliphatic carbocycles. The summed E-state index contributed by atoms with van der Waals surface area (Å²) in [6.45, 7) is 1.62. The molecule has 6 nitrogen and oxygen atoms in total. The summed E-state index contributed by atoms with van der Waals surface area (Å²) in [5, 5.41) is 10.5. The number of aryl methyl sites for hydroxylation is 1. The van der Waals surface area contributed by atoms with Crippen molar-refractivity contribution in [2.75, 3.05) is 0 Å². The first-order valence-corrected chi connectivity index (χ1v) is 8.06. The van der Waals surface area contributed by atoms with Crippen molar-refractivity contribution in [3.8, 4) is 11.5 Å². The first-order chi connectivity index (χ1) is 9.77. The van der Waals surface area contributed by atoms with Crippen LogP contribution in [0.25, 0.3) is 0 Å². The highest BCUT2D eigenvalue weighted by atomic mass is 35.7. The van der Waals surface area contributed by atoms with Gasteiger partial charge >= 0.3 is 0 Å². The molecule has 0 heterocycles. The van der Waals surface area contributed by atoms with Gasteiger partial charge < -0.3 is 4.74 Å². The Morgan fingerprint density at radius 1 is 1.10 bits per heavy atom. The highest BCUT2D eigenvalue weighted by molar-refractivity contribution is 8.13. The summed E-state index contributed by atoms with van der Waals surface area (Å²) in [6, 6.07) is 9.89. The van der Waals surface area contributed by atoms with Gasteiger partial charge in [0.05, 0.1) is 9.82 Å². The van der Waals surface area contributed by atoms with Crippen molar-refractivity contribution in [2.24, 2.45) is 0 Å². The zero-order valence-corrected chi connectivity index (χ0v) is 12.4. The zero-order valence-electron chi connectivity index (χ0n) is 10.8. The van der Waals surface area contributed by atoms with E-state index in [1.807, 2.05) is 0 Å². The average Bonchev–Trinajstić information content (AvgIpc) is 2.40. The third kappa shape index (κ3) is 3.71. The van der Waals surface area contributed by atoms with Crippen LogP contribution in [0.2, 0.25) is 0 Å². The van der Waals surface area contributed by atoms with Gasteiger partial charge in [-0.3, -0.25) is 10.1 Å². The summed E-state index contributed by atoms with van der Waals surface area (Å²) in [6.07, 6.45) is 0. The number of nitro benzene ring substituents is 1. The van der Waals surface area contributed by atoms with Crippen molar-refractivity contribution >= 4 is 25.4 Å². The highest BCUT2D eigenvalue weighted by Gasteiger charge is 2.15. The van der Waals surface area contributed by atoms with Crippen LogP contribution in [0.5, 0.6) is 11.5 Å². The molecule has 21 heavy (non-hydrogen) atoms. The van der Waals surface area contributed by atoms with Gasteiger partial charge in [0.1, 0.15) is 11.5 Å². The molecule has 0 unspecified atom stereocenters. The van der Waals surface area contributed by atoms with E-state index in [0.717, 1.165) is 0 Å². The molecule has 0 aliphatic heterocycles.